The molecule has 0 saturated heterocycles. The maximum atomic E-state index is 13.0. The van der Waals surface area contributed by atoms with E-state index in [0.29, 0.717) is 12.1 Å². The molecule has 164 valence electrons. The summed E-state index contributed by atoms with van der Waals surface area (Å²) in [6, 6.07) is 2.18. The first-order chi connectivity index (χ1) is 13.5. The number of aliphatic carboxylic acids is 1. The molecule has 1 aromatic carbocycles. The minimum atomic E-state index is -4.73. The number of amides is 1. The van der Waals surface area contributed by atoms with Gasteiger partial charge < -0.3 is 10.4 Å². The predicted molar refractivity (Wildman–Crippen MR) is 110 cm³/mol. The molecular weight excluding hydrogens is 559 g/mol. The molecule has 1 amide bonds. The van der Waals surface area contributed by atoms with Crippen LogP contribution in [0.2, 0.25) is 5.02 Å². The zero-order valence-electron chi connectivity index (χ0n) is 13.9. The highest BCUT2D eigenvalue weighted by Crippen LogP contribution is 2.76. The van der Waals surface area contributed by atoms with Gasteiger partial charge in [-0.15, -0.1) is 23.2 Å². The summed E-state index contributed by atoms with van der Waals surface area (Å²) in [6.07, 6.45) is -4.73. The average Bonchev–Trinajstić information content (AvgIpc) is 2.82. The highest BCUT2D eigenvalue weighted by molar-refractivity contribution is 6.66. The summed E-state index contributed by atoms with van der Waals surface area (Å²) in [5.41, 5.74) is -1.56. The molecule has 0 heterocycles. The number of rotatable bonds is 3. The van der Waals surface area contributed by atoms with Crippen molar-refractivity contribution in [3.8, 4) is 0 Å². The molecule has 4 nitrogen and oxygen atoms in total. The molecule has 30 heavy (non-hydrogen) atoms. The predicted octanol–water partition coefficient (Wildman–Crippen LogP) is 6.46. The van der Waals surface area contributed by atoms with Gasteiger partial charge in [-0.2, -0.15) is 13.2 Å². The normalized spacial score (nSPS) is 32.5. The molecule has 1 fully saturated rings. The Morgan fingerprint density at radius 1 is 0.967 bits per heavy atom. The van der Waals surface area contributed by atoms with Crippen LogP contribution in [-0.4, -0.2) is 31.1 Å². The van der Waals surface area contributed by atoms with E-state index in [-0.39, 0.29) is 5.02 Å². The SMILES string of the molecule is O=C(O)[C@@H]1[C@@H](C(=O)Nc2cc(C(F)(F)F)ccc2Cl)[C@]2(Cl)C(Cl)=C(Cl)[C@]1(Cl)C2(Cl)Cl. The third-order valence-corrected chi connectivity index (χ3v) is 9.62. The Bertz CT molecular complexity index is 999. The van der Waals surface area contributed by atoms with Crippen LogP contribution in [-0.2, 0) is 15.8 Å². The lowest BCUT2D eigenvalue weighted by atomic mass is 9.81. The fourth-order valence-corrected chi connectivity index (χ4v) is 6.74. The topological polar surface area (TPSA) is 66.4 Å². The van der Waals surface area contributed by atoms with Crippen molar-refractivity contribution in [2.24, 2.45) is 11.8 Å². The molecule has 2 aliphatic rings. The molecule has 2 N–H and O–H groups in total. The highest BCUT2D eigenvalue weighted by Gasteiger charge is 2.85. The quantitative estimate of drug-likeness (QED) is 0.413. The summed E-state index contributed by atoms with van der Waals surface area (Å²) < 4.78 is 36.6. The first-order valence-electron chi connectivity index (χ1n) is 7.75. The van der Waals surface area contributed by atoms with Crippen LogP contribution >= 0.6 is 81.2 Å². The van der Waals surface area contributed by atoms with Crippen molar-refractivity contribution in [1.82, 2.24) is 0 Å². The number of halogens is 10. The maximum Gasteiger partial charge on any atom is 0.416 e. The number of benzene rings is 1. The second-order valence-corrected chi connectivity index (χ2v) is 10.3. The summed E-state index contributed by atoms with van der Waals surface area (Å²) in [4.78, 5) is 20.4. The molecule has 0 radical (unpaired) electrons. The van der Waals surface area contributed by atoms with E-state index in [2.05, 4.69) is 5.32 Å². The zero-order chi connectivity index (χ0) is 23.0. The number of fused-ring (bicyclic) bond motifs is 2. The minimum absolute atomic E-state index is 0.252. The summed E-state index contributed by atoms with van der Waals surface area (Å²) in [6.45, 7) is 0. The van der Waals surface area contributed by atoms with Crippen LogP contribution in [0, 0.1) is 11.8 Å². The van der Waals surface area contributed by atoms with Crippen molar-refractivity contribution >= 4 is 98.8 Å². The van der Waals surface area contributed by atoms with Crippen molar-refractivity contribution < 1.29 is 27.9 Å². The number of allylic oxidation sites excluding steroid dienone is 2. The molecule has 2 aliphatic carbocycles. The zero-order valence-corrected chi connectivity index (χ0v) is 19.2. The van der Waals surface area contributed by atoms with E-state index in [1.54, 1.807) is 0 Å². The Labute approximate surface area is 202 Å². The number of nitrogens with one attached hydrogen (secondary N) is 1. The van der Waals surface area contributed by atoms with Crippen LogP contribution in [0.1, 0.15) is 5.56 Å². The number of hydrogen-bond acceptors (Lipinski definition) is 2. The van der Waals surface area contributed by atoms with Gasteiger partial charge in [0.25, 0.3) is 0 Å². The van der Waals surface area contributed by atoms with Gasteiger partial charge in [0, 0.05) is 0 Å². The van der Waals surface area contributed by atoms with Gasteiger partial charge in [-0.05, 0) is 18.2 Å². The standard InChI is InChI=1S/C16H7Cl7F3NO3/c17-5-2-1-4(15(24,25)26)3-6(5)27-11(28)7-8(12(29)30)14(21)10(19)9(18)13(7,20)16(14,22)23/h1-3,7-8H,(H,27,28)(H,29,30)/t7-,8-,13-,14-/m0/s1. The Hall–Kier alpha value is -0.280. The molecular formula is C16H7Cl7F3NO3. The van der Waals surface area contributed by atoms with Crippen molar-refractivity contribution in [3.05, 3.63) is 38.8 Å². The van der Waals surface area contributed by atoms with E-state index in [4.69, 9.17) is 81.2 Å². The van der Waals surface area contributed by atoms with Crippen molar-refractivity contribution in [3.63, 3.8) is 0 Å². The number of anilines is 1. The Balaban J connectivity index is 2.10. The van der Waals surface area contributed by atoms with Crippen LogP contribution in [0.4, 0.5) is 18.9 Å². The molecule has 1 saturated carbocycles. The number of carboxylic acid groups (broad SMARTS) is 1. The molecule has 0 unspecified atom stereocenters. The second-order valence-electron chi connectivity index (χ2n) is 6.60. The van der Waals surface area contributed by atoms with Gasteiger partial charge in [0.15, 0.2) is 4.33 Å². The number of carbonyl (C=O) groups is 2. The molecule has 4 atom stereocenters. The monoisotopic (exact) mass is 563 g/mol. The van der Waals surface area contributed by atoms with Crippen molar-refractivity contribution in [2.75, 3.05) is 5.32 Å². The Morgan fingerprint density at radius 2 is 1.47 bits per heavy atom. The third-order valence-electron chi connectivity index (χ3n) is 5.04. The molecule has 0 aliphatic heterocycles. The number of carboxylic acids is 1. The van der Waals surface area contributed by atoms with Gasteiger partial charge >= 0.3 is 12.1 Å². The van der Waals surface area contributed by atoms with Gasteiger partial charge in [0.1, 0.15) is 9.75 Å². The lowest BCUT2D eigenvalue weighted by Crippen LogP contribution is -2.47. The van der Waals surface area contributed by atoms with E-state index in [1.165, 1.54) is 0 Å². The van der Waals surface area contributed by atoms with E-state index in [9.17, 15) is 27.9 Å². The number of carbonyl (C=O) groups excluding carboxylic acids is 1. The van der Waals surface area contributed by atoms with Crippen LogP contribution in [0.3, 0.4) is 0 Å². The number of alkyl halides is 7. The molecule has 1 aromatic rings. The second kappa shape index (κ2) is 7.37. The van der Waals surface area contributed by atoms with Crippen LogP contribution in [0.15, 0.2) is 28.3 Å². The fourth-order valence-electron chi connectivity index (χ4n) is 3.64. The van der Waals surface area contributed by atoms with Crippen molar-refractivity contribution in [1.29, 1.82) is 0 Å². The Kier molecular flexibility index (Phi) is 5.99. The van der Waals surface area contributed by atoms with Gasteiger partial charge in [0.2, 0.25) is 5.91 Å². The minimum Gasteiger partial charge on any atom is -0.481 e. The molecule has 3 rings (SSSR count). The van der Waals surface area contributed by atoms with Crippen LogP contribution in [0.5, 0.6) is 0 Å². The van der Waals surface area contributed by atoms with Gasteiger partial charge in [0.05, 0.1) is 38.2 Å². The van der Waals surface area contributed by atoms with E-state index < -0.39 is 65.3 Å². The van der Waals surface area contributed by atoms with Gasteiger partial charge in [-0.25, -0.2) is 0 Å². The molecule has 14 heteroatoms. The van der Waals surface area contributed by atoms with Crippen molar-refractivity contribution in [2.45, 2.75) is 20.3 Å². The summed E-state index contributed by atoms with van der Waals surface area (Å²) in [5, 5.41) is 10.7. The Morgan fingerprint density at radius 3 is 1.93 bits per heavy atom. The first-order valence-corrected chi connectivity index (χ1v) is 10.4. The van der Waals surface area contributed by atoms with E-state index in [1.807, 2.05) is 0 Å². The first kappa shape index (κ1) is 24.4. The van der Waals surface area contributed by atoms with Gasteiger partial charge in [-0.3, -0.25) is 9.59 Å². The highest BCUT2D eigenvalue weighted by atomic mass is 35.5. The van der Waals surface area contributed by atoms with Crippen LogP contribution in [0.25, 0.3) is 0 Å². The fraction of sp³-hybridized carbons (Fsp3) is 0.375. The molecule has 0 aromatic heterocycles. The smallest absolute Gasteiger partial charge is 0.416 e. The largest absolute Gasteiger partial charge is 0.481 e. The summed E-state index contributed by atoms with van der Waals surface area (Å²) in [5.74, 6) is -6.49. The lowest BCUT2D eigenvalue weighted by molar-refractivity contribution is -0.146. The molecule has 2 bridgehead atoms. The van der Waals surface area contributed by atoms with Crippen LogP contribution < -0.4 is 5.32 Å². The third kappa shape index (κ3) is 3.04. The average molecular weight is 566 g/mol. The maximum absolute atomic E-state index is 13.0. The van der Waals surface area contributed by atoms with Gasteiger partial charge in [-0.1, -0.05) is 58.0 Å². The summed E-state index contributed by atoms with van der Waals surface area (Å²) in [7, 11) is 0. The number of hydrogen-bond donors (Lipinski definition) is 2. The lowest BCUT2D eigenvalue weighted by Gasteiger charge is -2.33. The van der Waals surface area contributed by atoms with E-state index >= 15 is 0 Å². The molecule has 0 spiro atoms. The summed E-state index contributed by atoms with van der Waals surface area (Å²) >= 11 is 43.5. The van der Waals surface area contributed by atoms with E-state index in [0.717, 1.165) is 6.07 Å².